The molecular weight excluding hydrogens is 266 g/mol. The van der Waals surface area contributed by atoms with Crippen LogP contribution in [-0.2, 0) is 15.3 Å². The second kappa shape index (κ2) is 5.63. The quantitative estimate of drug-likeness (QED) is 0.858. The number of Topliss-reactive ketones (excluding diaryl/α,β-unsaturated/α-hetero) is 1. The lowest BCUT2D eigenvalue weighted by atomic mass is 9.96. The van der Waals surface area contributed by atoms with Gasteiger partial charge in [0.1, 0.15) is 4.75 Å². The minimum absolute atomic E-state index is 0.171. The normalized spacial score (nSPS) is 21.3. The molecule has 0 aliphatic carbocycles. The van der Waals surface area contributed by atoms with Gasteiger partial charge in [0.15, 0.2) is 5.78 Å². The molecular formula is C17H15NOS. The summed E-state index contributed by atoms with van der Waals surface area (Å²) in [6.45, 7) is 0.288. The third-order valence-electron chi connectivity index (χ3n) is 3.43. The molecule has 0 spiro atoms. The van der Waals surface area contributed by atoms with Crippen LogP contribution in [0.25, 0.3) is 0 Å². The van der Waals surface area contributed by atoms with Gasteiger partial charge in [0.2, 0.25) is 0 Å². The highest BCUT2D eigenvalue weighted by Gasteiger charge is 2.41. The Morgan fingerprint density at radius 2 is 1.65 bits per heavy atom. The Hall–Kier alpha value is -1.87. The fraction of sp³-hybridized carbons (Fsp3) is 0.176. The van der Waals surface area contributed by atoms with E-state index in [4.69, 9.17) is 0 Å². The first kappa shape index (κ1) is 13.1. The van der Waals surface area contributed by atoms with Crippen molar-refractivity contribution in [2.24, 2.45) is 4.99 Å². The Morgan fingerprint density at radius 1 is 1.00 bits per heavy atom. The third-order valence-corrected chi connectivity index (χ3v) is 4.94. The highest BCUT2D eigenvalue weighted by atomic mass is 32.2. The van der Waals surface area contributed by atoms with E-state index in [9.17, 15) is 4.79 Å². The molecule has 1 aliphatic heterocycles. The molecule has 0 bridgehead atoms. The minimum Gasteiger partial charge on any atom is -0.295 e. The van der Waals surface area contributed by atoms with Gasteiger partial charge in [-0.25, -0.2) is 0 Å². The maximum Gasteiger partial charge on any atom is 0.180 e. The van der Waals surface area contributed by atoms with Gasteiger partial charge < -0.3 is 0 Å². The van der Waals surface area contributed by atoms with E-state index in [0.717, 1.165) is 11.3 Å². The molecule has 1 aliphatic rings. The number of ketones is 1. The Bertz CT molecular complexity index is 624. The van der Waals surface area contributed by atoms with Crippen molar-refractivity contribution in [1.82, 2.24) is 0 Å². The van der Waals surface area contributed by atoms with Gasteiger partial charge in [-0.2, -0.15) is 0 Å². The topological polar surface area (TPSA) is 29.4 Å². The summed E-state index contributed by atoms with van der Waals surface area (Å²) in [5, 5.41) is 0. The van der Waals surface area contributed by atoms with E-state index in [1.807, 2.05) is 54.7 Å². The Kier molecular flexibility index (Phi) is 3.70. The summed E-state index contributed by atoms with van der Waals surface area (Å²) in [7, 11) is 0. The Morgan fingerprint density at radius 3 is 2.25 bits per heavy atom. The van der Waals surface area contributed by atoms with Crippen LogP contribution in [0, 0.1) is 0 Å². The lowest BCUT2D eigenvalue weighted by molar-refractivity contribution is -0.117. The molecule has 0 N–H and O–H groups in total. The van der Waals surface area contributed by atoms with Crippen LogP contribution in [0.2, 0.25) is 0 Å². The monoisotopic (exact) mass is 281 g/mol. The second-order valence-corrected chi connectivity index (χ2v) is 5.99. The predicted octanol–water partition coefficient (Wildman–Crippen LogP) is 3.47. The van der Waals surface area contributed by atoms with Crippen molar-refractivity contribution in [2.75, 3.05) is 6.54 Å². The van der Waals surface area contributed by atoms with Crippen LogP contribution in [0.1, 0.15) is 11.1 Å². The molecule has 2 nitrogen and oxygen atoms in total. The fourth-order valence-corrected chi connectivity index (χ4v) is 3.60. The lowest BCUT2D eigenvalue weighted by Gasteiger charge is -2.24. The molecule has 2 aromatic carbocycles. The number of rotatable bonds is 4. The molecule has 1 heterocycles. The number of hydrogen-bond donors (Lipinski definition) is 0. The van der Waals surface area contributed by atoms with Crippen molar-refractivity contribution in [3.8, 4) is 0 Å². The van der Waals surface area contributed by atoms with Crippen LogP contribution < -0.4 is 0 Å². The molecule has 0 unspecified atom stereocenters. The molecule has 0 fully saturated rings. The second-order valence-electron chi connectivity index (χ2n) is 4.77. The molecule has 0 amide bonds. The number of benzene rings is 2. The number of hydrogen-bond acceptors (Lipinski definition) is 3. The van der Waals surface area contributed by atoms with Crippen molar-refractivity contribution >= 4 is 23.8 Å². The van der Waals surface area contributed by atoms with Gasteiger partial charge in [-0.1, -0.05) is 60.7 Å². The van der Waals surface area contributed by atoms with Crippen molar-refractivity contribution in [3.05, 3.63) is 71.8 Å². The SMILES string of the molecule is O=C1CN=C[C@@]1(SCc1ccccc1)c1ccccc1. The first-order valence-electron chi connectivity index (χ1n) is 6.59. The number of nitrogens with zero attached hydrogens (tertiary/aromatic N) is 1. The molecule has 0 saturated carbocycles. The number of carbonyl (C=O) groups is 1. The van der Waals surface area contributed by atoms with E-state index in [0.29, 0.717) is 0 Å². The summed E-state index contributed by atoms with van der Waals surface area (Å²) in [6.07, 6.45) is 1.82. The zero-order valence-electron chi connectivity index (χ0n) is 11.0. The van der Waals surface area contributed by atoms with Gasteiger partial charge in [0.25, 0.3) is 0 Å². The van der Waals surface area contributed by atoms with E-state index in [1.165, 1.54) is 5.56 Å². The zero-order valence-corrected chi connectivity index (χ0v) is 11.8. The van der Waals surface area contributed by atoms with Crippen LogP contribution in [0.5, 0.6) is 0 Å². The highest BCUT2D eigenvalue weighted by molar-refractivity contribution is 8.00. The minimum atomic E-state index is -0.614. The number of aliphatic imine (C=N–C) groups is 1. The van der Waals surface area contributed by atoms with Crippen molar-refractivity contribution in [1.29, 1.82) is 0 Å². The largest absolute Gasteiger partial charge is 0.295 e. The predicted molar refractivity (Wildman–Crippen MR) is 84.2 cm³/mol. The molecule has 3 heteroatoms. The van der Waals surface area contributed by atoms with Crippen LogP contribution >= 0.6 is 11.8 Å². The van der Waals surface area contributed by atoms with Crippen molar-refractivity contribution < 1.29 is 4.79 Å². The van der Waals surface area contributed by atoms with Crippen LogP contribution in [0.15, 0.2) is 65.7 Å². The van der Waals surface area contributed by atoms with E-state index in [-0.39, 0.29) is 12.3 Å². The van der Waals surface area contributed by atoms with E-state index < -0.39 is 4.75 Å². The van der Waals surface area contributed by atoms with Crippen LogP contribution in [0.4, 0.5) is 0 Å². The van der Waals surface area contributed by atoms with Crippen LogP contribution in [-0.4, -0.2) is 18.5 Å². The van der Waals surface area contributed by atoms with Gasteiger partial charge in [0.05, 0.1) is 6.54 Å². The van der Waals surface area contributed by atoms with E-state index >= 15 is 0 Å². The summed E-state index contributed by atoms with van der Waals surface area (Å²) in [6, 6.07) is 20.1. The molecule has 100 valence electrons. The molecule has 0 radical (unpaired) electrons. The average Bonchev–Trinajstić information content (AvgIpc) is 2.89. The summed E-state index contributed by atoms with van der Waals surface area (Å²) in [5.41, 5.74) is 2.24. The molecule has 3 rings (SSSR count). The van der Waals surface area contributed by atoms with E-state index in [2.05, 4.69) is 17.1 Å². The van der Waals surface area contributed by atoms with E-state index in [1.54, 1.807) is 11.8 Å². The first-order valence-corrected chi connectivity index (χ1v) is 7.57. The Balaban J connectivity index is 1.88. The van der Waals surface area contributed by atoms with Gasteiger partial charge in [0, 0.05) is 12.0 Å². The Labute approximate surface area is 122 Å². The fourth-order valence-electron chi connectivity index (χ4n) is 2.34. The third kappa shape index (κ3) is 2.41. The lowest BCUT2D eigenvalue weighted by Crippen LogP contribution is -2.31. The summed E-state index contributed by atoms with van der Waals surface area (Å²) in [5.74, 6) is 0.970. The van der Waals surface area contributed by atoms with Gasteiger partial charge in [-0.15, -0.1) is 11.8 Å². The maximum atomic E-state index is 12.4. The molecule has 20 heavy (non-hydrogen) atoms. The highest BCUT2D eigenvalue weighted by Crippen LogP contribution is 2.40. The van der Waals surface area contributed by atoms with Crippen molar-refractivity contribution in [3.63, 3.8) is 0 Å². The molecule has 2 aromatic rings. The smallest absolute Gasteiger partial charge is 0.180 e. The van der Waals surface area contributed by atoms with Gasteiger partial charge in [-0.3, -0.25) is 9.79 Å². The summed E-state index contributed by atoms with van der Waals surface area (Å²) < 4.78 is -0.614. The van der Waals surface area contributed by atoms with Crippen LogP contribution in [0.3, 0.4) is 0 Å². The molecule has 0 aromatic heterocycles. The molecule has 0 saturated heterocycles. The maximum absolute atomic E-state index is 12.4. The number of thioether (sulfide) groups is 1. The van der Waals surface area contributed by atoms with Gasteiger partial charge >= 0.3 is 0 Å². The van der Waals surface area contributed by atoms with Crippen molar-refractivity contribution in [2.45, 2.75) is 10.5 Å². The average molecular weight is 281 g/mol. The number of carbonyl (C=O) groups excluding carboxylic acids is 1. The standard InChI is InChI=1S/C17H15NOS/c19-16-11-18-13-17(16,15-9-5-2-6-10-15)20-12-14-7-3-1-4-8-14/h1-10,13H,11-12H2/t17-/m1/s1. The zero-order chi connectivity index (χ0) is 13.8. The molecule has 1 atom stereocenters. The van der Waals surface area contributed by atoms with Gasteiger partial charge in [-0.05, 0) is 11.1 Å². The summed E-state index contributed by atoms with van der Waals surface area (Å²) in [4.78, 5) is 16.6. The summed E-state index contributed by atoms with van der Waals surface area (Å²) >= 11 is 1.65. The first-order chi connectivity index (χ1) is 9.81.